The summed E-state index contributed by atoms with van der Waals surface area (Å²) in [5.74, 6) is 0.954. The first kappa shape index (κ1) is 18.6. The standard InChI is InChI=1S/C20H23N5O2/c1-14(2)17(19-24-18(25-27-19)16-9-11-21-12-10-16)23-20(26)22-13-8-15-6-4-3-5-7-15/h3-7,9-12,14,17H,8,13H2,1-2H3,(H2,22,23,26)/t17-/m1/s1. The Bertz CT molecular complexity index is 849. The van der Waals surface area contributed by atoms with Crippen LogP contribution in [0, 0.1) is 5.92 Å². The van der Waals surface area contributed by atoms with Crippen LogP contribution in [0.4, 0.5) is 4.79 Å². The molecule has 140 valence electrons. The molecule has 0 fully saturated rings. The van der Waals surface area contributed by atoms with Crippen molar-refractivity contribution in [3.05, 3.63) is 66.3 Å². The second-order valence-electron chi connectivity index (χ2n) is 6.55. The van der Waals surface area contributed by atoms with Gasteiger partial charge in [0.25, 0.3) is 0 Å². The van der Waals surface area contributed by atoms with Gasteiger partial charge in [-0.15, -0.1) is 0 Å². The van der Waals surface area contributed by atoms with E-state index in [0.717, 1.165) is 12.0 Å². The molecule has 0 aliphatic heterocycles. The van der Waals surface area contributed by atoms with Crippen molar-refractivity contribution in [1.29, 1.82) is 0 Å². The molecule has 1 aromatic carbocycles. The lowest BCUT2D eigenvalue weighted by molar-refractivity contribution is 0.225. The van der Waals surface area contributed by atoms with Crippen LogP contribution in [0.15, 0.2) is 59.4 Å². The third kappa shape index (κ3) is 5.13. The minimum Gasteiger partial charge on any atom is -0.338 e. The number of pyridine rings is 1. The largest absolute Gasteiger partial charge is 0.338 e. The molecule has 2 aromatic heterocycles. The van der Waals surface area contributed by atoms with Crippen molar-refractivity contribution in [3.8, 4) is 11.4 Å². The average Bonchev–Trinajstić information content (AvgIpc) is 3.17. The van der Waals surface area contributed by atoms with Gasteiger partial charge in [0.05, 0.1) is 0 Å². The van der Waals surface area contributed by atoms with E-state index in [2.05, 4.69) is 25.8 Å². The van der Waals surface area contributed by atoms with Gasteiger partial charge in [-0.2, -0.15) is 4.98 Å². The van der Waals surface area contributed by atoms with E-state index in [9.17, 15) is 4.79 Å². The molecule has 2 N–H and O–H groups in total. The molecule has 0 saturated heterocycles. The molecular weight excluding hydrogens is 342 g/mol. The van der Waals surface area contributed by atoms with Crippen LogP contribution in [0.5, 0.6) is 0 Å². The Balaban J connectivity index is 1.59. The van der Waals surface area contributed by atoms with E-state index in [1.807, 2.05) is 56.3 Å². The highest BCUT2D eigenvalue weighted by Gasteiger charge is 2.24. The third-order valence-corrected chi connectivity index (χ3v) is 4.14. The molecule has 0 aliphatic rings. The number of carbonyl (C=O) groups excluding carboxylic acids is 1. The number of amides is 2. The van der Waals surface area contributed by atoms with Crippen molar-refractivity contribution in [2.75, 3.05) is 6.54 Å². The number of hydrogen-bond acceptors (Lipinski definition) is 5. The fraction of sp³-hybridized carbons (Fsp3) is 0.300. The van der Waals surface area contributed by atoms with Gasteiger partial charge in [0.15, 0.2) is 0 Å². The molecule has 7 heteroatoms. The summed E-state index contributed by atoms with van der Waals surface area (Å²) in [7, 11) is 0. The van der Waals surface area contributed by atoms with Crippen molar-refractivity contribution in [3.63, 3.8) is 0 Å². The normalized spacial score (nSPS) is 12.0. The summed E-state index contributed by atoms with van der Waals surface area (Å²) < 4.78 is 5.39. The van der Waals surface area contributed by atoms with Crippen LogP contribution in [-0.4, -0.2) is 27.7 Å². The number of nitrogens with zero attached hydrogens (tertiary/aromatic N) is 3. The van der Waals surface area contributed by atoms with Crippen molar-refractivity contribution < 1.29 is 9.32 Å². The number of rotatable bonds is 7. The second kappa shape index (κ2) is 8.93. The molecule has 2 heterocycles. The number of benzene rings is 1. The summed E-state index contributed by atoms with van der Waals surface area (Å²) in [5.41, 5.74) is 1.99. The molecule has 2 amide bonds. The van der Waals surface area contributed by atoms with Gasteiger partial charge in [-0.05, 0) is 30.0 Å². The minimum absolute atomic E-state index is 0.0932. The smallest absolute Gasteiger partial charge is 0.315 e. The molecule has 0 spiro atoms. The molecule has 0 bridgehead atoms. The Morgan fingerprint density at radius 3 is 2.56 bits per heavy atom. The maximum Gasteiger partial charge on any atom is 0.315 e. The average molecular weight is 365 g/mol. The van der Waals surface area contributed by atoms with Crippen LogP contribution in [0.1, 0.15) is 31.3 Å². The number of aromatic nitrogens is 3. The summed E-state index contributed by atoms with van der Waals surface area (Å²) in [6.07, 6.45) is 4.11. The maximum atomic E-state index is 12.3. The topological polar surface area (TPSA) is 92.9 Å². The van der Waals surface area contributed by atoms with Crippen LogP contribution >= 0.6 is 0 Å². The van der Waals surface area contributed by atoms with Crippen LogP contribution in [0.25, 0.3) is 11.4 Å². The molecule has 3 rings (SSSR count). The zero-order valence-corrected chi connectivity index (χ0v) is 15.4. The Kier molecular flexibility index (Phi) is 6.14. The van der Waals surface area contributed by atoms with Crippen LogP contribution in [0.2, 0.25) is 0 Å². The number of nitrogens with one attached hydrogen (secondary N) is 2. The molecule has 3 aromatic rings. The van der Waals surface area contributed by atoms with E-state index in [0.29, 0.717) is 18.3 Å². The highest BCUT2D eigenvalue weighted by Crippen LogP contribution is 2.23. The van der Waals surface area contributed by atoms with Crippen molar-refractivity contribution >= 4 is 6.03 Å². The lowest BCUT2D eigenvalue weighted by Crippen LogP contribution is -2.40. The van der Waals surface area contributed by atoms with E-state index in [4.69, 9.17) is 4.52 Å². The summed E-state index contributed by atoms with van der Waals surface area (Å²) in [6, 6.07) is 13.0. The number of carbonyl (C=O) groups is 1. The molecule has 0 unspecified atom stereocenters. The SMILES string of the molecule is CC(C)[C@@H](NC(=O)NCCc1ccccc1)c1nc(-c2ccncc2)no1. The molecule has 7 nitrogen and oxygen atoms in total. The molecule has 27 heavy (non-hydrogen) atoms. The molecule has 0 saturated carbocycles. The minimum atomic E-state index is -0.371. The van der Waals surface area contributed by atoms with Gasteiger partial charge in [-0.25, -0.2) is 4.79 Å². The molecule has 0 radical (unpaired) electrons. The first-order valence-corrected chi connectivity index (χ1v) is 8.96. The van der Waals surface area contributed by atoms with E-state index < -0.39 is 0 Å². The summed E-state index contributed by atoms with van der Waals surface area (Å²) in [6.45, 7) is 4.53. The lowest BCUT2D eigenvalue weighted by atomic mass is 10.0. The lowest BCUT2D eigenvalue weighted by Gasteiger charge is -2.18. The summed E-state index contributed by atoms with van der Waals surface area (Å²) in [4.78, 5) is 20.7. The van der Waals surface area contributed by atoms with E-state index in [1.54, 1.807) is 12.4 Å². The zero-order valence-electron chi connectivity index (χ0n) is 15.4. The van der Waals surface area contributed by atoms with Crippen LogP contribution in [-0.2, 0) is 6.42 Å². The predicted molar refractivity (Wildman–Crippen MR) is 102 cm³/mol. The van der Waals surface area contributed by atoms with Gasteiger partial charge in [0.1, 0.15) is 6.04 Å². The van der Waals surface area contributed by atoms with Crippen LogP contribution < -0.4 is 10.6 Å². The molecule has 1 atom stereocenters. The van der Waals surface area contributed by atoms with Gasteiger partial charge >= 0.3 is 6.03 Å². The Morgan fingerprint density at radius 2 is 1.85 bits per heavy atom. The second-order valence-corrected chi connectivity index (χ2v) is 6.55. The monoisotopic (exact) mass is 365 g/mol. The van der Waals surface area contributed by atoms with Gasteiger partial charge in [-0.1, -0.05) is 49.3 Å². The highest BCUT2D eigenvalue weighted by atomic mass is 16.5. The molecular formula is C20H23N5O2. The van der Waals surface area contributed by atoms with Gasteiger partial charge in [-0.3, -0.25) is 4.98 Å². The number of hydrogen-bond donors (Lipinski definition) is 2. The molecule has 0 aliphatic carbocycles. The van der Waals surface area contributed by atoms with Gasteiger partial charge < -0.3 is 15.2 Å². The van der Waals surface area contributed by atoms with Crippen molar-refractivity contribution in [1.82, 2.24) is 25.8 Å². The third-order valence-electron chi connectivity index (χ3n) is 4.14. The fourth-order valence-corrected chi connectivity index (χ4v) is 2.65. The quantitative estimate of drug-likeness (QED) is 0.670. The fourth-order valence-electron chi connectivity index (χ4n) is 2.65. The Hall–Kier alpha value is -3.22. The van der Waals surface area contributed by atoms with E-state index in [1.165, 1.54) is 5.56 Å². The maximum absolute atomic E-state index is 12.3. The Morgan fingerprint density at radius 1 is 1.11 bits per heavy atom. The summed E-state index contributed by atoms with van der Waals surface area (Å²) in [5, 5.41) is 9.81. The van der Waals surface area contributed by atoms with Crippen molar-refractivity contribution in [2.45, 2.75) is 26.3 Å². The van der Waals surface area contributed by atoms with Gasteiger partial charge in [0.2, 0.25) is 11.7 Å². The first-order chi connectivity index (χ1) is 13.1. The van der Waals surface area contributed by atoms with E-state index in [-0.39, 0.29) is 18.0 Å². The van der Waals surface area contributed by atoms with E-state index >= 15 is 0 Å². The predicted octanol–water partition coefficient (Wildman–Crippen LogP) is 3.37. The first-order valence-electron chi connectivity index (χ1n) is 8.96. The highest BCUT2D eigenvalue weighted by molar-refractivity contribution is 5.74. The van der Waals surface area contributed by atoms with Crippen molar-refractivity contribution in [2.24, 2.45) is 5.92 Å². The number of urea groups is 1. The van der Waals surface area contributed by atoms with Gasteiger partial charge in [0, 0.05) is 24.5 Å². The summed E-state index contributed by atoms with van der Waals surface area (Å²) >= 11 is 0. The zero-order chi connectivity index (χ0) is 19.1. The Labute approximate surface area is 158 Å². The van der Waals surface area contributed by atoms with Crippen LogP contribution in [0.3, 0.4) is 0 Å².